The van der Waals surface area contributed by atoms with E-state index in [1.807, 2.05) is 0 Å². The van der Waals surface area contributed by atoms with Crippen molar-refractivity contribution >= 4 is 11.8 Å². The summed E-state index contributed by atoms with van der Waals surface area (Å²) in [7, 11) is 0. The van der Waals surface area contributed by atoms with Crippen molar-refractivity contribution in [1.82, 2.24) is 0 Å². The predicted octanol–water partition coefficient (Wildman–Crippen LogP) is 4.33. The molecule has 0 amide bonds. The lowest BCUT2D eigenvalue weighted by molar-refractivity contribution is -0.344. The first-order valence-corrected chi connectivity index (χ1v) is 5.50. The highest BCUT2D eigenvalue weighted by Crippen LogP contribution is 2.49. The first-order valence-electron chi connectivity index (χ1n) is 4.35. The third-order valence-electron chi connectivity index (χ3n) is 1.90. The highest BCUT2D eigenvalue weighted by atomic mass is 32.2. The van der Waals surface area contributed by atoms with Crippen LogP contribution in [-0.2, 0) is 0 Å². The van der Waals surface area contributed by atoms with Gasteiger partial charge in [0.25, 0.3) is 0 Å². The molecule has 0 aliphatic rings. The molecule has 0 fully saturated rings. The van der Waals surface area contributed by atoms with Crippen molar-refractivity contribution in [2.45, 2.75) is 24.9 Å². The van der Waals surface area contributed by atoms with Crippen molar-refractivity contribution in [3.8, 4) is 0 Å². The Hall–Kier alpha value is -0.400. The smallest absolute Gasteiger partial charge is 0.194 e. The summed E-state index contributed by atoms with van der Waals surface area (Å²) in [5, 5.41) is 0. The Labute approximate surface area is 98.3 Å². The molecule has 17 heavy (non-hydrogen) atoms. The average Bonchev–Trinajstić information content (AvgIpc) is 2.15. The topological polar surface area (TPSA) is 0 Å². The van der Waals surface area contributed by atoms with E-state index in [1.54, 1.807) is 0 Å². The molecule has 0 aliphatic heterocycles. The Morgan fingerprint density at radius 1 is 1.12 bits per heavy atom. The van der Waals surface area contributed by atoms with E-state index in [4.69, 9.17) is 0 Å². The number of alkyl halides is 7. The van der Waals surface area contributed by atoms with E-state index in [0.29, 0.717) is 18.8 Å². The molecule has 0 N–H and O–H groups in total. The highest BCUT2D eigenvalue weighted by Gasteiger charge is 2.73. The Morgan fingerprint density at radius 2 is 1.59 bits per heavy atom. The van der Waals surface area contributed by atoms with Crippen molar-refractivity contribution in [2.24, 2.45) is 0 Å². The van der Waals surface area contributed by atoms with Crippen molar-refractivity contribution in [3.63, 3.8) is 0 Å². The molecule has 0 aromatic carbocycles. The summed E-state index contributed by atoms with van der Waals surface area (Å²) in [6, 6.07) is 0. The molecule has 0 atom stereocenters. The first kappa shape index (κ1) is 16.6. The molecule has 0 saturated heterocycles. The number of hydrogen-bond donors (Lipinski definition) is 0. The number of allylic oxidation sites excluding steroid dienone is 1. The van der Waals surface area contributed by atoms with Crippen LogP contribution < -0.4 is 0 Å². The molecule has 0 spiro atoms. The van der Waals surface area contributed by atoms with E-state index in [9.17, 15) is 30.7 Å². The van der Waals surface area contributed by atoms with Gasteiger partial charge in [0.1, 0.15) is 0 Å². The molecule has 0 aromatic rings. The molecule has 0 rings (SSSR count). The van der Waals surface area contributed by atoms with E-state index >= 15 is 0 Å². The van der Waals surface area contributed by atoms with Crippen molar-refractivity contribution in [2.75, 3.05) is 11.5 Å². The maximum Gasteiger partial charge on any atom is 0.460 e. The van der Waals surface area contributed by atoms with Gasteiger partial charge in [0.2, 0.25) is 0 Å². The van der Waals surface area contributed by atoms with Crippen LogP contribution in [-0.4, -0.2) is 29.5 Å². The predicted molar refractivity (Wildman–Crippen MR) is 52.4 cm³/mol. The molecule has 0 unspecified atom stereocenters. The molecule has 8 heteroatoms. The largest absolute Gasteiger partial charge is 0.460 e. The molecular weight excluding hydrogens is 273 g/mol. The van der Waals surface area contributed by atoms with Gasteiger partial charge in [-0.05, 0) is 25.2 Å². The summed E-state index contributed by atoms with van der Waals surface area (Å²) in [5.41, 5.74) is -1.30. The van der Waals surface area contributed by atoms with Crippen LogP contribution in [0, 0.1) is 6.92 Å². The minimum atomic E-state index is -6.29. The van der Waals surface area contributed by atoms with Gasteiger partial charge in [0.05, 0.1) is 0 Å². The SMILES string of the molecule is [CH2]CSCC=C(C)C(F)(F)C(F)(F)C(F)(F)F. The van der Waals surface area contributed by atoms with Gasteiger partial charge >= 0.3 is 18.0 Å². The van der Waals surface area contributed by atoms with E-state index in [-0.39, 0.29) is 5.75 Å². The maximum absolute atomic E-state index is 13.0. The number of halogens is 7. The molecule has 101 valence electrons. The van der Waals surface area contributed by atoms with Gasteiger partial charge < -0.3 is 0 Å². The quantitative estimate of drug-likeness (QED) is 0.411. The van der Waals surface area contributed by atoms with E-state index in [1.165, 1.54) is 0 Å². The molecule has 0 aliphatic carbocycles. The molecule has 0 saturated carbocycles. The number of thioether (sulfide) groups is 1. The maximum atomic E-state index is 13.0. The fraction of sp³-hybridized carbons (Fsp3) is 0.667. The van der Waals surface area contributed by atoms with Gasteiger partial charge in [-0.25, -0.2) is 0 Å². The lowest BCUT2D eigenvalue weighted by Gasteiger charge is -2.28. The van der Waals surface area contributed by atoms with Crippen molar-refractivity contribution in [1.29, 1.82) is 0 Å². The van der Waals surface area contributed by atoms with Gasteiger partial charge in [-0.2, -0.15) is 42.5 Å². The summed E-state index contributed by atoms with van der Waals surface area (Å²) in [5.74, 6) is -11.1. The molecule has 0 bridgehead atoms. The fourth-order valence-corrected chi connectivity index (χ4v) is 1.36. The van der Waals surface area contributed by atoms with Crippen LogP contribution in [0.15, 0.2) is 11.6 Å². The summed E-state index contributed by atoms with van der Waals surface area (Å²) in [6.07, 6.45) is -5.64. The van der Waals surface area contributed by atoms with E-state index in [0.717, 1.165) is 11.8 Å². The monoisotopic (exact) mass is 283 g/mol. The first-order chi connectivity index (χ1) is 7.48. The Bertz CT molecular complexity index is 280. The minimum absolute atomic E-state index is 0.0984. The molecule has 1 radical (unpaired) electrons. The Morgan fingerprint density at radius 3 is 1.94 bits per heavy atom. The second-order valence-electron chi connectivity index (χ2n) is 3.11. The molecule has 0 nitrogen and oxygen atoms in total. The Kier molecular flexibility index (Phi) is 5.37. The number of hydrogen-bond acceptors (Lipinski definition) is 1. The van der Waals surface area contributed by atoms with Crippen LogP contribution >= 0.6 is 11.8 Å². The normalized spacial score (nSPS) is 15.2. The van der Waals surface area contributed by atoms with E-state index < -0.39 is 23.6 Å². The zero-order chi connectivity index (χ0) is 13.9. The number of rotatable bonds is 5. The van der Waals surface area contributed by atoms with Crippen LogP contribution in [0.3, 0.4) is 0 Å². The fourth-order valence-electron chi connectivity index (χ4n) is 0.821. The van der Waals surface area contributed by atoms with Crippen molar-refractivity contribution in [3.05, 3.63) is 18.6 Å². The van der Waals surface area contributed by atoms with Crippen molar-refractivity contribution < 1.29 is 30.7 Å². The third-order valence-corrected chi connectivity index (χ3v) is 2.59. The summed E-state index contributed by atoms with van der Waals surface area (Å²) in [4.78, 5) is 0. The zero-order valence-electron chi connectivity index (χ0n) is 8.75. The lowest BCUT2D eigenvalue weighted by atomic mass is 10.0. The van der Waals surface area contributed by atoms with Gasteiger partial charge in [0.15, 0.2) is 0 Å². The summed E-state index contributed by atoms with van der Waals surface area (Å²) in [6.45, 7) is 3.90. The summed E-state index contributed by atoms with van der Waals surface area (Å²) < 4.78 is 86.4. The van der Waals surface area contributed by atoms with Crippen LogP contribution in [0.4, 0.5) is 30.7 Å². The zero-order valence-corrected chi connectivity index (χ0v) is 9.57. The van der Waals surface area contributed by atoms with Crippen LogP contribution in [0.2, 0.25) is 0 Å². The van der Waals surface area contributed by atoms with Gasteiger partial charge in [-0.1, -0.05) is 6.08 Å². The van der Waals surface area contributed by atoms with Gasteiger partial charge in [-0.3, -0.25) is 0 Å². The van der Waals surface area contributed by atoms with Gasteiger partial charge in [0, 0.05) is 5.75 Å². The average molecular weight is 283 g/mol. The minimum Gasteiger partial charge on any atom is -0.194 e. The molecular formula is C9H10F7S. The Balaban J connectivity index is 5.06. The summed E-state index contributed by atoms with van der Waals surface area (Å²) >= 11 is 1.02. The van der Waals surface area contributed by atoms with Crippen LogP contribution in [0.25, 0.3) is 0 Å². The second kappa shape index (κ2) is 5.49. The molecule has 0 aromatic heterocycles. The van der Waals surface area contributed by atoms with Gasteiger partial charge in [-0.15, -0.1) is 0 Å². The highest BCUT2D eigenvalue weighted by molar-refractivity contribution is 7.99. The third kappa shape index (κ3) is 3.53. The van der Waals surface area contributed by atoms with Crippen LogP contribution in [0.5, 0.6) is 0 Å². The standard InChI is InChI=1S/C9H10F7S/c1-3-17-5-4-6(2)7(10,11)8(12,13)9(14,15)16/h4H,1,3,5H2,2H3. The van der Waals surface area contributed by atoms with Crippen LogP contribution in [0.1, 0.15) is 6.92 Å². The lowest BCUT2D eigenvalue weighted by Crippen LogP contribution is -2.52. The molecule has 0 heterocycles. The second-order valence-corrected chi connectivity index (χ2v) is 4.26. The van der Waals surface area contributed by atoms with E-state index in [2.05, 4.69) is 6.92 Å².